The number of carbonyl (C=O) groups excluding carboxylic acids is 2. The Morgan fingerprint density at radius 1 is 1.53 bits per heavy atom. The molecule has 4 nitrogen and oxygen atoms in total. The number of carbonyl (C=O) groups is 2. The summed E-state index contributed by atoms with van der Waals surface area (Å²) in [6.45, 7) is 3.23. The van der Waals surface area contributed by atoms with Crippen LogP contribution in [0.3, 0.4) is 0 Å². The van der Waals surface area contributed by atoms with Gasteiger partial charge in [-0.2, -0.15) is 0 Å². The van der Waals surface area contributed by atoms with Gasteiger partial charge in [0, 0.05) is 0 Å². The number of ketones is 1. The van der Waals surface area contributed by atoms with E-state index in [1.807, 2.05) is 0 Å². The van der Waals surface area contributed by atoms with Gasteiger partial charge in [-0.3, -0.25) is 4.79 Å². The molecule has 1 aromatic rings. The SMILES string of the molecule is CCOC(=O)C(=Cc1ccco1)C(C)=O. The van der Waals surface area contributed by atoms with E-state index in [4.69, 9.17) is 9.15 Å². The van der Waals surface area contributed by atoms with E-state index in [1.54, 1.807) is 19.1 Å². The van der Waals surface area contributed by atoms with E-state index in [9.17, 15) is 9.59 Å². The lowest BCUT2D eigenvalue weighted by atomic mass is 10.1. The van der Waals surface area contributed by atoms with Crippen molar-refractivity contribution in [1.29, 1.82) is 0 Å². The molecular formula is C11H12O4. The van der Waals surface area contributed by atoms with Crippen LogP contribution in [0, 0.1) is 0 Å². The number of furan rings is 1. The van der Waals surface area contributed by atoms with Gasteiger partial charge in [-0.25, -0.2) is 4.79 Å². The fourth-order valence-corrected chi connectivity index (χ4v) is 1.03. The van der Waals surface area contributed by atoms with Crippen LogP contribution < -0.4 is 0 Å². The summed E-state index contributed by atoms with van der Waals surface area (Å²) in [6, 6.07) is 3.33. The lowest BCUT2D eigenvalue weighted by Crippen LogP contribution is -2.13. The van der Waals surface area contributed by atoms with Crippen LogP contribution in [0.5, 0.6) is 0 Å². The summed E-state index contributed by atoms with van der Waals surface area (Å²) < 4.78 is 9.75. The molecule has 0 fully saturated rings. The number of esters is 1. The molecule has 0 unspecified atom stereocenters. The van der Waals surface area contributed by atoms with E-state index in [1.165, 1.54) is 19.3 Å². The standard InChI is InChI=1S/C11H12O4/c1-3-14-11(13)10(8(2)12)7-9-5-4-6-15-9/h4-7H,3H2,1-2H3. The molecule has 0 aliphatic heterocycles. The van der Waals surface area contributed by atoms with E-state index in [0.29, 0.717) is 5.76 Å². The van der Waals surface area contributed by atoms with Gasteiger partial charge in [-0.1, -0.05) is 0 Å². The molecule has 0 aliphatic carbocycles. The van der Waals surface area contributed by atoms with E-state index < -0.39 is 5.97 Å². The second kappa shape index (κ2) is 5.14. The smallest absolute Gasteiger partial charge is 0.341 e. The van der Waals surface area contributed by atoms with E-state index in [0.717, 1.165) is 0 Å². The molecule has 0 saturated heterocycles. The van der Waals surface area contributed by atoms with Gasteiger partial charge >= 0.3 is 5.97 Å². The van der Waals surface area contributed by atoms with Gasteiger partial charge in [-0.15, -0.1) is 0 Å². The Bertz CT molecular complexity index is 373. The Hall–Kier alpha value is -1.84. The third-order valence-corrected chi connectivity index (χ3v) is 1.70. The largest absolute Gasteiger partial charge is 0.465 e. The second-order valence-electron chi connectivity index (χ2n) is 2.85. The highest BCUT2D eigenvalue weighted by Crippen LogP contribution is 2.09. The first kappa shape index (κ1) is 11.2. The predicted molar refractivity (Wildman–Crippen MR) is 54.0 cm³/mol. The van der Waals surface area contributed by atoms with Crippen LogP contribution in [-0.4, -0.2) is 18.4 Å². The molecule has 0 amide bonds. The summed E-state index contributed by atoms with van der Waals surface area (Å²) >= 11 is 0. The van der Waals surface area contributed by atoms with Crippen LogP contribution in [0.15, 0.2) is 28.4 Å². The Morgan fingerprint density at radius 2 is 2.27 bits per heavy atom. The first-order valence-corrected chi connectivity index (χ1v) is 4.58. The van der Waals surface area contributed by atoms with Crippen molar-refractivity contribution in [2.75, 3.05) is 6.61 Å². The highest BCUT2D eigenvalue weighted by atomic mass is 16.5. The quantitative estimate of drug-likeness (QED) is 0.328. The molecule has 0 saturated carbocycles. The van der Waals surface area contributed by atoms with Crippen LogP contribution >= 0.6 is 0 Å². The molecule has 0 aliphatic rings. The molecule has 1 aromatic heterocycles. The van der Waals surface area contributed by atoms with Gasteiger partial charge in [-0.05, 0) is 32.1 Å². The zero-order valence-corrected chi connectivity index (χ0v) is 8.65. The Morgan fingerprint density at radius 3 is 2.73 bits per heavy atom. The summed E-state index contributed by atoms with van der Waals surface area (Å²) in [5, 5.41) is 0. The molecule has 0 radical (unpaired) electrons. The molecule has 0 N–H and O–H groups in total. The van der Waals surface area contributed by atoms with Gasteiger partial charge in [0.1, 0.15) is 11.3 Å². The minimum Gasteiger partial charge on any atom is -0.465 e. The Kier molecular flexibility index (Phi) is 3.85. The average Bonchev–Trinajstić information content (AvgIpc) is 2.66. The average molecular weight is 208 g/mol. The zero-order valence-electron chi connectivity index (χ0n) is 8.65. The van der Waals surface area contributed by atoms with Crippen LogP contribution in [-0.2, 0) is 14.3 Å². The lowest BCUT2D eigenvalue weighted by molar-refractivity contribution is -0.139. The molecule has 0 spiro atoms. The fourth-order valence-electron chi connectivity index (χ4n) is 1.03. The third kappa shape index (κ3) is 3.09. The topological polar surface area (TPSA) is 56.5 Å². The third-order valence-electron chi connectivity index (χ3n) is 1.70. The van der Waals surface area contributed by atoms with E-state index in [-0.39, 0.29) is 18.0 Å². The minimum atomic E-state index is -0.624. The van der Waals surface area contributed by atoms with Crippen molar-refractivity contribution in [2.24, 2.45) is 0 Å². The molecule has 0 bridgehead atoms. The summed E-state index contributed by atoms with van der Waals surface area (Å²) in [6.07, 6.45) is 2.84. The van der Waals surface area contributed by atoms with Crippen molar-refractivity contribution < 1.29 is 18.7 Å². The fraction of sp³-hybridized carbons (Fsp3) is 0.273. The van der Waals surface area contributed by atoms with Crippen molar-refractivity contribution >= 4 is 17.8 Å². The van der Waals surface area contributed by atoms with Crippen LogP contribution in [0.25, 0.3) is 6.08 Å². The number of rotatable bonds is 4. The van der Waals surface area contributed by atoms with Crippen molar-refractivity contribution in [1.82, 2.24) is 0 Å². The van der Waals surface area contributed by atoms with Gasteiger partial charge in [0.2, 0.25) is 0 Å². The number of ether oxygens (including phenoxy) is 1. The molecule has 0 atom stereocenters. The lowest BCUT2D eigenvalue weighted by Gasteiger charge is -2.02. The summed E-state index contributed by atoms with van der Waals surface area (Å²) in [5.41, 5.74) is -0.00759. The van der Waals surface area contributed by atoms with Gasteiger partial charge < -0.3 is 9.15 Å². The normalized spacial score (nSPS) is 11.2. The van der Waals surface area contributed by atoms with E-state index in [2.05, 4.69) is 0 Å². The van der Waals surface area contributed by atoms with Crippen LogP contribution in [0.4, 0.5) is 0 Å². The van der Waals surface area contributed by atoms with Crippen LogP contribution in [0.1, 0.15) is 19.6 Å². The highest BCUT2D eigenvalue weighted by molar-refractivity contribution is 6.19. The first-order chi connectivity index (χ1) is 7.15. The van der Waals surface area contributed by atoms with Crippen molar-refractivity contribution in [2.45, 2.75) is 13.8 Å². The molecule has 80 valence electrons. The van der Waals surface area contributed by atoms with Gasteiger partial charge in [0.15, 0.2) is 5.78 Å². The molecule has 0 aromatic carbocycles. The summed E-state index contributed by atoms with van der Waals surface area (Å²) in [4.78, 5) is 22.5. The number of hydrogen-bond donors (Lipinski definition) is 0. The zero-order chi connectivity index (χ0) is 11.3. The molecule has 4 heteroatoms. The van der Waals surface area contributed by atoms with E-state index >= 15 is 0 Å². The number of Topliss-reactive ketones (excluding diaryl/α,β-unsaturated/α-hetero) is 1. The minimum absolute atomic E-state index is 0.00759. The Balaban J connectivity index is 2.92. The monoisotopic (exact) mass is 208 g/mol. The maximum absolute atomic E-state index is 11.4. The maximum atomic E-state index is 11.4. The highest BCUT2D eigenvalue weighted by Gasteiger charge is 2.15. The first-order valence-electron chi connectivity index (χ1n) is 4.58. The molecule has 1 rings (SSSR count). The van der Waals surface area contributed by atoms with Gasteiger partial charge in [0.25, 0.3) is 0 Å². The van der Waals surface area contributed by atoms with Gasteiger partial charge in [0.05, 0.1) is 12.9 Å². The number of hydrogen-bond acceptors (Lipinski definition) is 4. The van der Waals surface area contributed by atoms with Crippen LogP contribution in [0.2, 0.25) is 0 Å². The van der Waals surface area contributed by atoms with Crippen molar-refractivity contribution in [3.05, 3.63) is 29.7 Å². The summed E-state index contributed by atoms with van der Waals surface area (Å²) in [5.74, 6) is -0.514. The van der Waals surface area contributed by atoms with Crippen molar-refractivity contribution in [3.63, 3.8) is 0 Å². The van der Waals surface area contributed by atoms with Crippen molar-refractivity contribution in [3.8, 4) is 0 Å². The maximum Gasteiger partial charge on any atom is 0.341 e. The summed E-state index contributed by atoms with van der Waals surface area (Å²) in [7, 11) is 0. The molecular weight excluding hydrogens is 196 g/mol. The molecule has 1 heterocycles. The predicted octanol–water partition coefficient (Wildman–Crippen LogP) is 1.82. The Labute approximate surface area is 87.5 Å². The second-order valence-corrected chi connectivity index (χ2v) is 2.85. The molecule has 15 heavy (non-hydrogen) atoms.